The van der Waals surface area contributed by atoms with Gasteiger partial charge in [0, 0.05) is 27.6 Å². The molecule has 1 unspecified atom stereocenters. The van der Waals surface area contributed by atoms with Gasteiger partial charge in [-0.15, -0.1) is 11.8 Å². The predicted molar refractivity (Wildman–Crippen MR) is 105 cm³/mol. The Hall–Kier alpha value is -1.71. The standard InChI is InChI=1S/C21H20ClNOS/c1-21(2)11-16-19(17(24)12-21)20(13-7-3-4-8-14(13)22)25-18-10-6-5-9-15(18)23-16/h3-10,20,23H,11-12H2,1-2H3. The number of carbonyl (C=O) groups is 1. The van der Waals surface area contributed by atoms with Gasteiger partial charge in [-0.1, -0.05) is 55.8 Å². The quantitative estimate of drug-likeness (QED) is 0.644. The minimum atomic E-state index is -0.0801. The summed E-state index contributed by atoms with van der Waals surface area (Å²) in [5, 5.41) is 4.19. The molecule has 0 aromatic heterocycles. The lowest BCUT2D eigenvalue weighted by Crippen LogP contribution is -2.29. The first-order chi connectivity index (χ1) is 11.9. The Kier molecular flexibility index (Phi) is 4.17. The van der Waals surface area contributed by atoms with Crippen LogP contribution in [0.5, 0.6) is 0 Å². The predicted octanol–water partition coefficient (Wildman–Crippen LogP) is 6.24. The van der Waals surface area contributed by atoms with Crippen LogP contribution in [-0.4, -0.2) is 5.78 Å². The third-order valence-electron chi connectivity index (χ3n) is 4.79. The van der Waals surface area contributed by atoms with Crippen LogP contribution < -0.4 is 5.32 Å². The van der Waals surface area contributed by atoms with Gasteiger partial charge in [-0.3, -0.25) is 4.79 Å². The molecule has 0 fully saturated rings. The van der Waals surface area contributed by atoms with Crippen LogP contribution in [-0.2, 0) is 4.79 Å². The number of para-hydroxylation sites is 1. The molecule has 128 valence electrons. The summed E-state index contributed by atoms with van der Waals surface area (Å²) < 4.78 is 0. The molecule has 0 bridgehead atoms. The number of carbonyl (C=O) groups excluding carboxylic acids is 1. The Morgan fingerprint density at radius 3 is 2.60 bits per heavy atom. The van der Waals surface area contributed by atoms with Gasteiger partial charge in [0.25, 0.3) is 0 Å². The molecule has 1 heterocycles. The van der Waals surface area contributed by atoms with Gasteiger partial charge in [-0.2, -0.15) is 0 Å². The molecule has 25 heavy (non-hydrogen) atoms. The Morgan fingerprint density at radius 2 is 1.80 bits per heavy atom. The summed E-state index contributed by atoms with van der Waals surface area (Å²) in [6.07, 6.45) is 1.44. The molecule has 1 aliphatic carbocycles. The number of ketones is 1. The van der Waals surface area contributed by atoms with Crippen LogP contribution in [0.1, 0.15) is 37.5 Å². The smallest absolute Gasteiger partial charge is 0.162 e. The van der Waals surface area contributed by atoms with Crippen LogP contribution >= 0.6 is 23.4 Å². The Balaban J connectivity index is 1.92. The minimum absolute atomic E-state index is 0.0299. The van der Waals surface area contributed by atoms with E-state index < -0.39 is 0 Å². The summed E-state index contributed by atoms with van der Waals surface area (Å²) in [6.45, 7) is 4.32. The normalized spacial score (nSPS) is 21.9. The molecule has 0 spiro atoms. The maximum absolute atomic E-state index is 13.1. The average molecular weight is 370 g/mol. The molecular weight excluding hydrogens is 350 g/mol. The van der Waals surface area contributed by atoms with Crippen molar-refractivity contribution in [3.63, 3.8) is 0 Å². The van der Waals surface area contributed by atoms with Crippen LogP contribution in [0.3, 0.4) is 0 Å². The van der Waals surface area contributed by atoms with Gasteiger partial charge in [-0.05, 0) is 35.6 Å². The van der Waals surface area contributed by atoms with Crippen molar-refractivity contribution < 1.29 is 4.79 Å². The zero-order chi connectivity index (χ0) is 17.6. The molecule has 0 saturated carbocycles. The van der Waals surface area contributed by atoms with Crippen molar-refractivity contribution in [3.05, 3.63) is 70.4 Å². The lowest BCUT2D eigenvalue weighted by molar-refractivity contribution is -0.118. The molecule has 0 amide bonds. The Bertz CT molecular complexity index is 887. The molecule has 4 heteroatoms. The van der Waals surface area contributed by atoms with Gasteiger partial charge >= 0.3 is 0 Å². The van der Waals surface area contributed by atoms with Gasteiger partial charge in [-0.25, -0.2) is 0 Å². The fourth-order valence-corrected chi connectivity index (χ4v) is 5.37. The van der Waals surface area contributed by atoms with Gasteiger partial charge in [0.15, 0.2) is 5.78 Å². The van der Waals surface area contributed by atoms with Crippen molar-refractivity contribution in [2.75, 3.05) is 5.32 Å². The first-order valence-electron chi connectivity index (χ1n) is 8.48. The number of halogens is 1. The Morgan fingerprint density at radius 1 is 1.08 bits per heavy atom. The summed E-state index contributed by atoms with van der Waals surface area (Å²) in [5.41, 5.74) is 3.98. The number of fused-ring (bicyclic) bond motifs is 1. The van der Waals surface area contributed by atoms with Crippen LogP contribution in [0.4, 0.5) is 5.69 Å². The largest absolute Gasteiger partial charge is 0.358 e. The number of nitrogens with one attached hydrogen (secondary N) is 1. The van der Waals surface area contributed by atoms with Crippen molar-refractivity contribution >= 4 is 34.8 Å². The van der Waals surface area contributed by atoms with Gasteiger partial charge in [0.05, 0.1) is 10.9 Å². The number of Topliss-reactive ketones (excluding diaryl/α,β-unsaturated/α-hetero) is 1. The first kappa shape index (κ1) is 16.7. The van der Waals surface area contributed by atoms with E-state index in [2.05, 4.69) is 31.3 Å². The number of anilines is 1. The maximum atomic E-state index is 13.1. The number of hydrogen-bond acceptors (Lipinski definition) is 3. The van der Waals surface area contributed by atoms with Gasteiger partial charge < -0.3 is 5.32 Å². The SMILES string of the molecule is CC1(C)CC(=O)C2=C(C1)Nc1ccccc1SC2c1ccccc1Cl. The topological polar surface area (TPSA) is 29.1 Å². The Labute approximate surface area is 157 Å². The van der Waals surface area contributed by atoms with Crippen molar-refractivity contribution in [3.8, 4) is 0 Å². The fraction of sp³-hybridized carbons (Fsp3) is 0.286. The number of thioether (sulfide) groups is 1. The molecule has 2 aliphatic rings. The summed E-state index contributed by atoms with van der Waals surface area (Å²) in [4.78, 5) is 14.2. The molecule has 0 radical (unpaired) electrons. The third kappa shape index (κ3) is 3.11. The molecule has 2 nitrogen and oxygen atoms in total. The third-order valence-corrected chi connectivity index (χ3v) is 6.47. The zero-order valence-corrected chi connectivity index (χ0v) is 15.9. The molecule has 1 aliphatic heterocycles. The van der Waals surface area contributed by atoms with Gasteiger partial charge in [0.1, 0.15) is 0 Å². The molecular formula is C21H20ClNOS. The van der Waals surface area contributed by atoms with E-state index in [1.807, 2.05) is 36.4 Å². The molecule has 1 N–H and O–H groups in total. The highest BCUT2D eigenvalue weighted by Crippen LogP contribution is 2.52. The van der Waals surface area contributed by atoms with Crippen LogP contribution in [0.15, 0.2) is 64.7 Å². The molecule has 2 aromatic rings. The van der Waals surface area contributed by atoms with E-state index in [4.69, 9.17) is 11.6 Å². The monoisotopic (exact) mass is 369 g/mol. The van der Waals surface area contributed by atoms with Crippen molar-refractivity contribution in [2.45, 2.75) is 36.8 Å². The van der Waals surface area contributed by atoms with Crippen LogP contribution in [0.2, 0.25) is 5.02 Å². The number of hydrogen-bond donors (Lipinski definition) is 1. The number of rotatable bonds is 1. The second-order valence-corrected chi connectivity index (χ2v) is 9.03. The summed E-state index contributed by atoms with van der Waals surface area (Å²) >= 11 is 8.21. The van der Waals surface area contributed by atoms with E-state index in [-0.39, 0.29) is 16.4 Å². The van der Waals surface area contributed by atoms with Crippen molar-refractivity contribution in [2.24, 2.45) is 5.41 Å². The lowest BCUT2D eigenvalue weighted by atomic mass is 9.74. The fourth-order valence-electron chi connectivity index (χ4n) is 3.68. The van der Waals surface area contributed by atoms with Crippen molar-refractivity contribution in [1.29, 1.82) is 0 Å². The summed E-state index contributed by atoms with van der Waals surface area (Å²) in [6, 6.07) is 16.1. The van der Waals surface area contributed by atoms with Gasteiger partial charge in [0.2, 0.25) is 0 Å². The second kappa shape index (κ2) is 6.22. The van der Waals surface area contributed by atoms with E-state index in [1.54, 1.807) is 11.8 Å². The molecule has 2 aromatic carbocycles. The second-order valence-electron chi connectivity index (χ2n) is 7.47. The summed E-state index contributed by atoms with van der Waals surface area (Å²) in [7, 11) is 0. The van der Waals surface area contributed by atoms with Crippen molar-refractivity contribution in [1.82, 2.24) is 0 Å². The van der Waals surface area contributed by atoms with E-state index in [0.717, 1.165) is 33.8 Å². The number of allylic oxidation sites excluding steroid dienone is 1. The highest BCUT2D eigenvalue weighted by molar-refractivity contribution is 8.00. The van der Waals surface area contributed by atoms with Crippen LogP contribution in [0.25, 0.3) is 0 Å². The van der Waals surface area contributed by atoms with Crippen LogP contribution in [0, 0.1) is 5.41 Å². The number of benzene rings is 2. The van der Waals surface area contributed by atoms with E-state index in [0.29, 0.717) is 11.4 Å². The summed E-state index contributed by atoms with van der Waals surface area (Å²) in [5.74, 6) is 0.226. The highest BCUT2D eigenvalue weighted by Gasteiger charge is 2.39. The molecule has 1 atom stereocenters. The average Bonchev–Trinajstić information content (AvgIpc) is 2.70. The lowest BCUT2D eigenvalue weighted by Gasteiger charge is -2.34. The van der Waals surface area contributed by atoms with E-state index >= 15 is 0 Å². The maximum Gasteiger partial charge on any atom is 0.162 e. The first-order valence-corrected chi connectivity index (χ1v) is 9.74. The molecule has 4 rings (SSSR count). The minimum Gasteiger partial charge on any atom is -0.358 e. The highest BCUT2D eigenvalue weighted by atomic mass is 35.5. The zero-order valence-electron chi connectivity index (χ0n) is 14.3. The van der Waals surface area contributed by atoms with E-state index in [1.165, 1.54) is 0 Å². The van der Waals surface area contributed by atoms with E-state index in [9.17, 15) is 4.79 Å². The molecule has 0 saturated heterocycles.